The van der Waals surface area contributed by atoms with Crippen LogP contribution in [-0.4, -0.2) is 74.8 Å². The normalized spacial score (nSPS) is 17.6. The Morgan fingerprint density at radius 1 is 1.25 bits per heavy atom. The van der Waals surface area contributed by atoms with Crippen LogP contribution in [0.15, 0.2) is 30.6 Å². The summed E-state index contributed by atoms with van der Waals surface area (Å²) in [5.41, 5.74) is 1.44. The minimum absolute atomic E-state index is 0.179. The number of nitrogens with one attached hydrogen (secondary N) is 2. The first-order valence-electron chi connectivity index (χ1n) is 12.2. The molecule has 0 bridgehead atoms. The van der Waals surface area contributed by atoms with Crippen LogP contribution in [0.3, 0.4) is 0 Å². The highest BCUT2D eigenvalue weighted by atomic mass is 19.3. The van der Waals surface area contributed by atoms with E-state index in [1.54, 1.807) is 27.0 Å². The Balaban J connectivity index is 1.45. The van der Waals surface area contributed by atoms with Crippen LogP contribution >= 0.6 is 0 Å². The van der Waals surface area contributed by atoms with E-state index in [1.165, 1.54) is 6.92 Å². The molecule has 3 aromatic rings. The standard InChI is InChI=1S/C25H33F3N6O2/c1-15(16(2)36-24(26)27)30-23(35)22-20-11-17(5-6-21(20)31-32-22)18-12-29-34(13-18)19-7-9-33(10-8-19)14-25(3,4)28/h5-6,11-13,15-16,19,24H,7-10,14H2,1-4H3,(H,30,35)(H,31,32)/t15-,16?/m0/s1. The number of aromatic nitrogens is 4. The van der Waals surface area contributed by atoms with Crippen LogP contribution in [0, 0.1) is 0 Å². The van der Waals surface area contributed by atoms with Crippen molar-refractivity contribution in [1.82, 2.24) is 30.2 Å². The summed E-state index contributed by atoms with van der Waals surface area (Å²) in [6.45, 7) is 5.45. The third-order valence-corrected chi connectivity index (χ3v) is 6.62. The van der Waals surface area contributed by atoms with Gasteiger partial charge in [0, 0.05) is 36.8 Å². The van der Waals surface area contributed by atoms with Crippen molar-refractivity contribution in [2.75, 3.05) is 19.6 Å². The molecule has 2 N–H and O–H groups in total. The van der Waals surface area contributed by atoms with Crippen LogP contribution in [0.2, 0.25) is 0 Å². The minimum Gasteiger partial charge on any atom is -0.346 e. The molecule has 1 aliphatic rings. The number of H-pyrrole nitrogens is 1. The molecule has 0 spiro atoms. The van der Waals surface area contributed by atoms with E-state index in [2.05, 4.69) is 30.2 Å². The fourth-order valence-electron chi connectivity index (χ4n) is 4.60. The van der Waals surface area contributed by atoms with Gasteiger partial charge in [-0.3, -0.25) is 14.6 Å². The lowest BCUT2D eigenvalue weighted by atomic mass is 10.0. The number of likely N-dealkylation sites (tertiary alicyclic amines) is 1. The largest absolute Gasteiger partial charge is 0.346 e. The number of fused-ring (bicyclic) bond motifs is 1. The Labute approximate surface area is 208 Å². The third kappa shape index (κ3) is 6.25. The first-order chi connectivity index (χ1) is 17.0. The van der Waals surface area contributed by atoms with Crippen molar-refractivity contribution in [3.8, 4) is 11.1 Å². The van der Waals surface area contributed by atoms with Crippen molar-refractivity contribution in [2.45, 2.75) is 71.0 Å². The summed E-state index contributed by atoms with van der Waals surface area (Å²) >= 11 is 0. The highest BCUT2D eigenvalue weighted by Gasteiger charge is 2.27. The number of amides is 1. The SMILES string of the molecule is CC(OC(F)F)[C@H](C)NC(=O)c1n[nH]c2ccc(-c3cnn(C4CCN(CC(C)(C)F)CC4)c3)cc12. The lowest BCUT2D eigenvalue weighted by Gasteiger charge is -2.34. The van der Waals surface area contributed by atoms with Crippen molar-refractivity contribution < 1.29 is 22.7 Å². The molecule has 2 atom stereocenters. The number of hydrogen-bond acceptors (Lipinski definition) is 5. The summed E-state index contributed by atoms with van der Waals surface area (Å²) in [5, 5.41) is 14.9. The number of rotatable bonds is 9. The summed E-state index contributed by atoms with van der Waals surface area (Å²) in [5.74, 6) is -0.477. The Morgan fingerprint density at radius 3 is 2.64 bits per heavy atom. The molecule has 1 aliphatic heterocycles. The zero-order chi connectivity index (χ0) is 26.0. The molecule has 0 radical (unpaired) electrons. The van der Waals surface area contributed by atoms with Gasteiger partial charge in [-0.25, -0.2) is 4.39 Å². The number of piperidine rings is 1. The number of hydrogen-bond donors (Lipinski definition) is 2. The lowest BCUT2D eigenvalue weighted by molar-refractivity contribution is -0.163. The number of benzene rings is 1. The van der Waals surface area contributed by atoms with Crippen LogP contribution in [0.4, 0.5) is 13.2 Å². The van der Waals surface area contributed by atoms with Crippen molar-refractivity contribution in [1.29, 1.82) is 0 Å². The highest BCUT2D eigenvalue weighted by Crippen LogP contribution is 2.29. The number of alkyl halides is 3. The molecule has 4 rings (SSSR count). The highest BCUT2D eigenvalue weighted by molar-refractivity contribution is 6.05. The summed E-state index contributed by atoms with van der Waals surface area (Å²) in [6, 6.07) is 5.24. The predicted molar refractivity (Wildman–Crippen MR) is 131 cm³/mol. The van der Waals surface area contributed by atoms with Gasteiger partial charge >= 0.3 is 6.61 Å². The van der Waals surface area contributed by atoms with Crippen LogP contribution in [0.25, 0.3) is 22.0 Å². The zero-order valence-electron chi connectivity index (χ0n) is 21.0. The maximum atomic E-state index is 14.0. The Bertz CT molecular complexity index is 1180. The quantitative estimate of drug-likeness (QED) is 0.444. The average molecular weight is 507 g/mol. The number of ether oxygens (including phenoxy) is 1. The number of carbonyl (C=O) groups is 1. The van der Waals surface area contributed by atoms with E-state index < -0.39 is 30.3 Å². The molecule has 1 unspecified atom stereocenters. The molecule has 36 heavy (non-hydrogen) atoms. The van der Waals surface area contributed by atoms with Gasteiger partial charge in [0.1, 0.15) is 5.67 Å². The first-order valence-corrected chi connectivity index (χ1v) is 12.2. The number of carbonyl (C=O) groups excluding carboxylic acids is 1. The molecule has 0 saturated carbocycles. The van der Waals surface area contributed by atoms with Crippen molar-refractivity contribution in [3.63, 3.8) is 0 Å². The van der Waals surface area contributed by atoms with Gasteiger partial charge in [-0.05, 0) is 58.2 Å². The summed E-state index contributed by atoms with van der Waals surface area (Å²) in [4.78, 5) is 15.0. The van der Waals surface area contributed by atoms with Gasteiger partial charge in [0.15, 0.2) is 5.69 Å². The van der Waals surface area contributed by atoms with Gasteiger partial charge in [-0.15, -0.1) is 0 Å². The maximum absolute atomic E-state index is 14.0. The van der Waals surface area contributed by atoms with Crippen LogP contribution < -0.4 is 5.32 Å². The van der Waals surface area contributed by atoms with Gasteiger partial charge in [0.2, 0.25) is 0 Å². The van der Waals surface area contributed by atoms with E-state index in [0.717, 1.165) is 37.1 Å². The second-order valence-electron chi connectivity index (χ2n) is 10.1. The molecular weight excluding hydrogens is 473 g/mol. The van der Waals surface area contributed by atoms with E-state index in [1.807, 2.05) is 29.1 Å². The lowest BCUT2D eigenvalue weighted by Crippen LogP contribution is -2.41. The number of halogens is 3. The molecule has 196 valence electrons. The zero-order valence-corrected chi connectivity index (χ0v) is 21.0. The smallest absolute Gasteiger partial charge is 0.345 e. The molecule has 0 aliphatic carbocycles. The van der Waals surface area contributed by atoms with E-state index in [4.69, 9.17) is 0 Å². The van der Waals surface area contributed by atoms with Gasteiger partial charge in [0.25, 0.3) is 5.91 Å². The fourth-order valence-corrected chi connectivity index (χ4v) is 4.60. The van der Waals surface area contributed by atoms with E-state index >= 15 is 0 Å². The van der Waals surface area contributed by atoms with E-state index in [0.29, 0.717) is 17.4 Å². The minimum atomic E-state index is -2.91. The van der Waals surface area contributed by atoms with Crippen molar-refractivity contribution >= 4 is 16.8 Å². The molecule has 1 fully saturated rings. The second kappa shape index (κ2) is 10.6. The maximum Gasteiger partial charge on any atom is 0.345 e. The Kier molecular flexibility index (Phi) is 7.70. The monoisotopic (exact) mass is 506 g/mol. The predicted octanol–water partition coefficient (Wildman–Crippen LogP) is 4.56. The summed E-state index contributed by atoms with van der Waals surface area (Å²) in [6.07, 6.45) is 4.72. The second-order valence-corrected chi connectivity index (χ2v) is 10.1. The average Bonchev–Trinajstić information content (AvgIpc) is 3.45. The Hall–Kier alpha value is -2.92. The van der Waals surface area contributed by atoms with Gasteiger partial charge in [-0.1, -0.05) is 6.07 Å². The summed E-state index contributed by atoms with van der Waals surface area (Å²) in [7, 11) is 0. The van der Waals surface area contributed by atoms with Crippen LogP contribution in [0.1, 0.15) is 57.1 Å². The fraction of sp³-hybridized carbons (Fsp3) is 0.560. The van der Waals surface area contributed by atoms with Crippen LogP contribution in [-0.2, 0) is 4.74 Å². The van der Waals surface area contributed by atoms with Crippen LogP contribution in [0.5, 0.6) is 0 Å². The van der Waals surface area contributed by atoms with Crippen molar-refractivity contribution in [3.05, 3.63) is 36.3 Å². The molecule has 2 aromatic heterocycles. The van der Waals surface area contributed by atoms with Gasteiger partial charge < -0.3 is 15.0 Å². The number of nitrogens with zero attached hydrogens (tertiary/aromatic N) is 4. The molecule has 3 heterocycles. The molecule has 1 amide bonds. The summed E-state index contributed by atoms with van der Waals surface area (Å²) < 4.78 is 45.4. The topological polar surface area (TPSA) is 88.1 Å². The van der Waals surface area contributed by atoms with E-state index in [-0.39, 0.29) is 11.7 Å². The first kappa shape index (κ1) is 26.2. The molecule has 1 saturated heterocycles. The molecule has 1 aromatic carbocycles. The van der Waals surface area contributed by atoms with E-state index in [9.17, 15) is 18.0 Å². The molecule has 8 nitrogen and oxygen atoms in total. The third-order valence-electron chi connectivity index (χ3n) is 6.62. The number of aromatic amines is 1. The molecular formula is C25H33F3N6O2. The van der Waals surface area contributed by atoms with Crippen molar-refractivity contribution in [2.24, 2.45) is 0 Å². The van der Waals surface area contributed by atoms with Gasteiger partial charge in [-0.2, -0.15) is 19.0 Å². The Morgan fingerprint density at radius 2 is 1.97 bits per heavy atom. The molecule has 11 heteroatoms. The van der Waals surface area contributed by atoms with Gasteiger partial charge in [0.05, 0.1) is 29.9 Å².